The van der Waals surface area contributed by atoms with Gasteiger partial charge >= 0.3 is 6.03 Å². The van der Waals surface area contributed by atoms with Gasteiger partial charge in [0.05, 0.1) is 13.7 Å². The molecule has 0 radical (unpaired) electrons. The molecular formula is C14H19ClN2O3. The van der Waals surface area contributed by atoms with E-state index in [0.717, 1.165) is 18.4 Å². The summed E-state index contributed by atoms with van der Waals surface area (Å²) >= 11 is 5.90. The summed E-state index contributed by atoms with van der Waals surface area (Å²) in [5, 5.41) is 12.5. The zero-order valence-electron chi connectivity index (χ0n) is 11.4. The second-order valence-electron chi connectivity index (χ2n) is 4.76. The summed E-state index contributed by atoms with van der Waals surface area (Å²) in [6.45, 7) is 0.719. The third-order valence-corrected chi connectivity index (χ3v) is 3.50. The largest absolute Gasteiger partial charge is 0.496 e. The molecule has 2 N–H and O–H groups in total. The molecule has 0 unspecified atom stereocenters. The number of hydrogen-bond acceptors (Lipinski definition) is 3. The average molecular weight is 299 g/mol. The van der Waals surface area contributed by atoms with E-state index in [-0.39, 0.29) is 18.7 Å². The number of carbonyl (C=O) groups is 1. The molecule has 2 amide bonds. The first kappa shape index (κ1) is 14.9. The summed E-state index contributed by atoms with van der Waals surface area (Å²) in [4.78, 5) is 13.8. The Morgan fingerprint density at radius 2 is 2.30 bits per heavy atom. The molecule has 0 bridgehead atoms. The first-order valence-corrected chi connectivity index (χ1v) is 7.01. The lowest BCUT2D eigenvalue weighted by Crippen LogP contribution is -2.42. The van der Waals surface area contributed by atoms with E-state index in [0.29, 0.717) is 23.9 Å². The molecule has 0 spiro atoms. The molecule has 1 fully saturated rings. The highest BCUT2D eigenvalue weighted by atomic mass is 35.5. The number of nitrogens with zero attached hydrogens (tertiary/aromatic N) is 1. The smallest absolute Gasteiger partial charge is 0.317 e. The van der Waals surface area contributed by atoms with Crippen LogP contribution in [-0.4, -0.2) is 42.3 Å². The first-order valence-electron chi connectivity index (χ1n) is 6.63. The van der Waals surface area contributed by atoms with Gasteiger partial charge < -0.3 is 20.1 Å². The van der Waals surface area contributed by atoms with Gasteiger partial charge in [0, 0.05) is 29.7 Å². The van der Waals surface area contributed by atoms with Crippen LogP contribution >= 0.6 is 11.6 Å². The molecule has 6 heteroatoms. The molecule has 20 heavy (non-hydrogen) atoms. The maximum absolute atomic E-state index is 12.1. The van der Waals surface area contributed by atoms with Crippen LogP contribution in [0, 0.1) is 0 Å². The number of aliphatic hydroxyl groups excluding tert-OH is 1. The fraction of sp³-hybridized carbons (Fsp3) is 0.500. The fourth-order valence-electron chi connectivity index (χ4n) is 2.08. The maximum Gasteiger partial charge on any atom is 0.317 e. The second-order valence-corrected chi connectivity index (χ2v) is 5.20. The number of methoxy groups -OCH3 is 1. The van der Waals surface area contributed by atoms with Crippen molar-refractivity contribution in [2.24, 2.45) is 0 Å². The van der Waals surface area contributed by atoms with Crippen LogP contribution in [0.1, 0.15) is 18.4 Å². The fourth-order valence-corrected chi connectivity index (χ4v) is 2.24. The van der Waals surface area contributed by atoms with Gasteiger partial charge in [0.25, 0.3) is 0 Å². The molecule has 1 aliphatic carbocycles. The van der Waals surface area contributed by atoms with Crippen LogP contribution < -0.4 is 10.1 Å². The van der Waals surface area contributed by atoms with Crippen molar-refractivity contribution < 1.29 is 14.6 Å². The highest BCUT2D eigenvalue weighted by Gasteiger charge is 2.31. The summed E-state index contributed by atoms with van der Waals surface area (Å²) in [6.07, 6.45) is 2.02. The quantitative estimate of drug-likeness (QED) is 0.844. The Kier molecular flexibility index (Phi) is 5.09. The number of benzene rings is 1. The van der Waals surface area contributed by atoms with Gasteiger partial charge in [-0.15, -0.1) is 0 Å². The van der Waals surface area contributed by atoms with Crippen LogP contribution in [0.4, 0.5) is 4.79 Å². The number of hydrogen-bond donors (Lipinski definition) is 2. The van der Waals surface area contributed by atoms with Gasteiger partial charge in [-0.1, -0.05) is 17.7 Å². The van der Waals surface area contributed by atoms with E-state index in [1.165, 1.54) is 0 Å². The molecule has 1 saturated carbocycles. The Morgan fingerprint density at radius 3 is 2.90 bits per heavy atom. The summed E-state index contributed by atoms with van der Waals surface area (Å²) in [6, 6.07) is 5.43. The number of ether oxygens (including phenoxy) is 1. The molecule has 0 heterocycles. The van der Waals surface area contributed by atoms with Gasteiger partial charge in [-0.25, -0.2) is 4.79 Å². The van der Waals surface area contributed by atoms with Crippen molar-refractivity contribution in [3.63, 3.8) is 0 Å². The molecule has 2 rings (SSSR count). The topological polar surface area (TPSA) is 61.8 Å². The van der Waals surface area contributed by atoms with E-state index < -0.39 is 0 Å². The van der Waals surface area contributed by atoms with Crippen molar-refractivity contribution in [1.82, 2.24) is 10.2 Å². The van der Waals surface area contributed by atoms with Crippen LogP contribution in [0.25, 0.3) is 0 Å². The number of rotatable bonds is 6. The summed E-state index contributed by atoms with van der Waals surface area (Å²) in [5.74, 6) is 0.651. The third kappa shape index (κ3) is 3.77. The minimum Gasteiger partial charge on any atom is -0.496 e. The SMILES string of the molecule is COc1cc(Cl)ccc1CNC(=O)N(CCO)C1CC1. The van der Waals surface area contributed by atoms with Gasteiger partial charge in [-0.2, -0.15) is 0 Å². The summed E-state index contributed by atoms with van der Waals surface area (Å²) < 4.78 is 5.24. The summed E-state index contributed by atoms with van der Waals surface area (Å²) in [5.41, 5.74) is 0.866. The first-order chi connectivity index (χ1) is 9.65. The third-order valence-electron chi connectivity index (χ3n) is 3.27. The van der Waals surface area contributed by atoms with Crippen molar-refractivity contribution in [3.8, 4) is 5.75 Å². The van der Waals surface area contributed by atoms with Gasteiger partial charge in [0.1, 0.15) is 5.75 Å². The molecule has 1 aromatic carbocycles. The molecule has 1 aromatic rings. The molecule has 0 saturated heterocycles. The molecule has 0 atom stereocenters. The Balaban J connectivity index is 1.95. The Hall–Kier alpha value is -1.46. The van der Waals surface area contributed by atoms with Crippen molar-refractivity contribution in [3.05, 3.63) is 28.8 Å². The van der Waals surface area contributed by atoms with Gasteiger partial charge in [0.15, 0.2) is 0 Å². The lowest BCUT2D eigenvalue weighted by Gasteiger charge is -2.22. The van der Waals surface area contributed by atoms with E-state index in [1.807, 2.05) is 6.07 Å². The van der Waals surface area contributed by atoms with Gasteiger partial charge in [-0.05, 0) is 25.0 Å². The predicted octanol–water partition coefficient (Wildman–Crippen LogP) is 2.01. The van der Waals surface area contributed by atoms with Crippen molar-refractivity contribution in [2.45, 2.75) is 25.4 Å². The zero-order valence-corrected chi connectivity index (χ0v) is 12.2. The highest BCUT2D eigenvalue weighted by molar-refractivity contribution is 6.30. The van der Waals surface area contributed by atoms with Crippen molar-refractivity contribution in [1.29, 1.82) is 0 Å². The van der Waals surface area contributed by atoms with Gasteiger partial charge in [-0.3, -0.25) is 0 Å². The number of carbonyl (C=O) groups excluding carboxylic acids is 1. The van der Waals surface area contributed by atoms with Crippen LogP contribution in [0.5, 0.6) is 5.75 Å². The minimum absolute atomic E-state index is 0.0197. The Morgan fingerprint density at radius 1 is 1.55 bits per heavy atom. The number of nitrogens with one attached hydrogen (secondary N) is 1. The van der Waals surface area contributed by atoms with Crippen LogP contribution in [0.15, 0.2) is 18.2 Å². The molecule has 110 valence electrons. The predicted molar refractivity (Wildman–Crippen MR) is 77.1 cm³/mol. The van der Waals surface area contributed by atoms with E-state index >= 15 is 0 Å². The average Bonchev–Trinajstić information content (AvgIpc) is 3.27. The lowest BCUT2D eigenvalue weighted by molar-refractivity contribution is 0.173. The van der Waals surface area contributed by atoms with Crippen LogP contribution in [-0.2, 0) is 6.54 Å². The molecule has 5 nitrogen and oxygen atoms in total. The number of urea groups is 1. The molecule has 0 aromatic heterocycles. The van der Waals surface area contributed by atoms with E-state index in [9.17, 15) is 4.79 Å². The Bertz CT molecular complexity index is 477. The Labute approximate surface area is 123 Å². The second kappa shape index (κ2) is 6.81. The highest BCUT2D eigenvalue weighted by Crippen LogP contribution is 2.27. The maximum atomic E-state index is 12.1. The van der Waals surface area contributed by atoms with Gasteiger partial charge in [0.2, 0.25) is 0 Å². The molecule has 0 aliphatic heterocycles. The van der Waals surface area contributed by atoms with Crippen LogP contribution in [0.2, 0.25) is 5.02 Å². The number of aliphatic hydroxyl groups is 1. The van der Waals surface area contributed by atoms with Crippen molar-refractivity contribution in [2.75, 3.05) is 20.3 Å². The molecular weight excluding hydrogens is 280 g/mol. The standard InChI is InChI=1S/C14H19ClN2O3/c1-20-13-8-11(15)3-2-10(13)9-16-14(19)17(6-7-18)12-4-5-12/h2-3,8,12,18H,4-7,9H2,1H3,(H,16,19). The van der Waals surface area contributed by atoms with E-state index in [4.69, 9.17) is 21.4 Å². The monoisotopic (exact) mass is 298 g/mol. The van der Waals surface area contributed by atoms with Crippen molar-refractivity contribution >= 4 is 17.6 Å². The zero-order chi connectivity index (χ0) is 14.5. The van der Waals surface area contributed by atoms with E-state index in [2.05, 4.69) is 5.32 Å². The van der Waals surface area contributed by atoms with E-state index in [1.54, 1.807) is 24.1 Å². The molecule has 1 aliphatic rings. The van der Waals surface area contributed by atoms with Crippen LogP contribution in [0.3, 0.4) is 0 Å². The normalized spacial score (nSPS) is 13.9. The number of amides is 2. The summed E-state index contributed by atoms with van der Waals surface area (Å²) in [7, 11) is 1.57. The number of halogens is 1. The minimum atomic E-state index is -0.154. The lowest BCUT2D eigenvalue weighted by atomic mass is 10.2.